The highest BCUT2D eigenvalue weighted by Gasteiger charge is 2.05. The second-order valence-electron chi connectivity index (χ2n) is 4.79. The highest BCUT2D eigenvalue weighted by atomic mass is 16.5. The minimum absolute atomic E-state index is 0.0282. The van der Waals surface area contributed by atoms with Crippen LogP contribution in [0, 0.1) is 0 Å². The van der Waals surface area contributed by atoms with Gasteiger partial charge in [0.25, 0.3) is 5.91 Å². The molecule has 0 saturated heterocycles. The Morgan fingerprint density at radius 3 is 2.14 bits per heavy atom. The van der Waals surface area contributed by atoms with Crippen molar-refractivity contribution in [2.24, 2.45) is 0 Å². The van der Waals surface area contributed by atoms with E-state index in [1.165, 1.54) is 0 Å². The van der Waals surface area contributed by atoms with E-state index >= 15 is 0 Å². The summed E-state index contributed by atoms with van der Waals surface area (Å²) in [4.78, 5) is 12.0. The van der Waals surface area contributed by atoms with E-state index < -0.39 is 0 Å². The van der Waals surface area contributed by atoms with E-state index in [0.29, 0.717) is 18.7 Å². The zero-order valence-electron chi connectivity index (χ0n) is 12.0. The van der Waals surface area contributed by atoms with Gasteiger partial charge in [-0.15, -0.1) is 0 Å². The number of carbonyl (C=O) groups excluding carboxylic acids is 1. The summed E-state index contributed by atoms with van der Waals surface area (Å²) in [5.41, 5.74) is 3.52. The second kappa shape index (κ2) is 7.57. The number of carbonyl (C=O) groups is 1. The quantitative estimate of drug-likeness (QED) is 0.856. The molecule has 0 bridgehead atoms. The molecule has 0 atom stereocenters. The van der Waals surface area contributed by atoms with Gasteiger partial charge in [0.2, 0.25) is 0 Å². The Balaban J connectivity index is 1.91. The first-order valence-corrected chi connectivity index (χ1v) is 6.77. The Morgan fingerprint density at radius 2 is 1.57 bits per heavy atom. The van der Waals surface area contributed by atoms with Gasteiger partial charge in [-0.05, 0) is 28.8 Å². The van der Waals surface area contributed by atoms with Crippen LogP contribution in [-0.2, 0) is 24.5 Å². The van der Waals surface area contributed by atoms with Crippen molar-refractivity contribution in [3.63, 3.8) is 0 Å². The summed E-state index contributed by atoms with van der Waals surface area (Å²) in [5.74, 6) is -0.106. The van der Waals surface area contributed by atoms with Crippen LogP contribution in [0.5, 0.6) is 0 Å². The fourth-order valence-electron chi connectivity index (χ4n) is 1.97. The van der Waals surface area contributed by atoms with Crippen LogP contribution in [0.25, 0.3) is 0 Å². The molecular weight excluding hydrogens is 266 g/mol. The SMILES string of the molecule is COCc1ccc(C(=O)NCc2ccc(CO)cc2)cc1. The lowest BCUT2D eigenvalue weighted by atomic mass is 10.1. The number of ether oxygens (including phenoxy) is 1. The van der Waals surface area contributed by atoms with E-state index in [1.807, 2.05) is 36.4 Å². The van der Waals surface area contributed by atoms with Gasteiger partial charge in [-0.25, -0.2) is 0 Å². The van der Waals surface area contributed by atoms with Crippen LogP contribution in [0.15, 0.2) is 48.5 Å². The van der Waals surface area contributed by atoms with E-state index in [4.69, 9.17) is 9.84 Å². The standard InChI is InChI=1S/C17H19NO3/c1-21-12-15-6-8-16(9-7-15)17(20)18-10-13-2-4-14(11-19)5-3-13/h2-9,19H,10-12H2,1H3,(H,18,20). The van der Waals surface area contributed by atoms with Gasteiger partial charge in [-0.2, -0.15) is 0 Å². The predicted molar refractivity (Wildman–Crippen MR) is 80.7 cm³/mol. The Morgan fingerprint density at radius 1 is 1.00 bits per heavy atom. The third-order valence-corrected chi connectivity index (χ3v) is 3.19. The Kier molecular flexibility index (Phi) is 5.49. The Bertz CT molecular complexity index is 576. The van der Waals surface area contributed by atoms with Crippen molar-refractivity contribution in [2.45, 2.75) is 19.8 Å². The predicted octanol–water partition coefficient (Wildman–Crippen LogP) is 2.26. The van der Waals surface area contributed by atoms with Crippen LogP contribution in [-0.4, -0.2) is 18.1 Å². The third kappa shape index (κ3) is 4.41. The molecule has 2 N–H and O–H groups in total. The van der Waals surface area contributed by atoms with Gasteiger partial charge < -0.3 is 15.2 Å². The Hall–Kier alpha value is -2.17. The molecule has 21 heavy (non-hydrogen) atoms. The van der Waals surface area contributed by atoms with Gasteiger partial charge in [-0.1, -0.05) is 36.4 Å². The van der Waals surface area contributed by atoms with E-state index in [1.54, 1.807) is 19.2 Å². The van der Waals surface area contributed by atoms with Crippen LogP contribution in [0.3, 0.4) is 0 Å². The summed E-state index contributed by atoms with van der Waals surface area (Å²) in [6.07, 6.45) is 0. The van der Waals surface area contributed by atoms with Crippen molar-refractivity contribution >= 4 is 5.91 Å². The molecule has 0 aliphatic heterocycles. The number of rotatable bonds is 6. The maximum atomic E-state index is 12.0. The molecule has 110 valence electrons. The first-order valence-electron chi connectivity index (χ1n) is 6.77. The van der Waals surface area contributed by atoms with E-state index in [0.717, 1.165) is 16.7 Å². The first-order chi connectivity index (χ1) is 10.2. The number of methoxy groups -OCH3 is 1. The maximum absolute atomic E-state index is 12.0. The second-order valence-corrected chi connectivity index (χ2v) is 4.79. The first kappa shape index (κ1) is 15.2. The molecule has 0 aliphatic carbocycles. The van der Waals surface area contributed by atoms with Crippen molar-refractivity contribution < 1.29 is 14.6 Å². The minimum atomic E-state index is -0.106. The normalized spacial score (nSPS) is 10.4. The number of amides is 1. The average molecular weight is 285 g/mol. The van der Waals surface area contributed by atoms with Gasteiger partial charge in [-0.3, -0.25) is 4.79 Å². The number of aliphatic hydroxyl groups is 1. The fraction of sp³-hybridized carbons (Fsp3) is 0.235. The van der Waals surface area contributed by atoms with Crippen LogP contribution >= 0.6 is 0 Å². The zero-order valence-corrected chi connectivity index (χ0v) is 12.0. The topological polar surface area (TPSA) is 58.6 Å². The molecule has 1 amide bonds. The summed E-state index contributed by atoms with van der Waals surface area (Å²) < 4.78 is 5.03. The van der Waals surface area contributed by atoms with Crippen LogP contribution < -0.4 is 5.32 Å². The molecule has 2 rings (SSSR count). The number of hydrogen-bond acceptors (Lipinski definition) is 3. The highest BCUT2D eigenvalue weighted by molar-refractivity contribution is 5.94. The molecular formula is C17H19NO3. The van der Waals surface area contributed by atoms with Crippen LogP contribution in [0.2, 0.25) is 0 Å². The summed E-state index contributed by atoms with van der Waals surface area (Å²) in [6, 6.07) is 14.8. The summed E-state index contributed by atoms with van der Waals surface area (Å²) in [6.45, 7) is 1.03. The summed E-state index contributed by atoms with van der Waals surface area (Å²) in [5, 5.41) is 11.8. The van der Waals surface area contributed by atoms with Crippen molar-refractivity contribution in [2.75, 3.05) is 7.11 Å². The van der Waals surface area contributed by atoms with Crippen LogP contribution in [0.1, 0.15) is 27.0 Å². The van der Waals surface area contributed by atoms with E-state index in [-0.39, 0.29) is 12.5 Å². The van der Waals surface area contributed by atoms with Crippen molar-refractivity contribution in [3.8, 4) is 0 Å². The lowest BCUT2D eigenvalue weighted by Crippen LogP contribution is -2.22. The maximum Gasteiger partial charge on any atom is 0.251 e. The largest absolute Gasteiger partial charge is 0.392 e. The van der Waals surface area contributed by atoms with Crippen LogP contribution in [0.4, 0.5) is 0 Å². The van der Waals surface area contributed by atoms with Gasteiger partial charge in [0, 0.05) is 19.2 Å². The molecule has 4 heteroatoms. The monoisotopic (exact) mass is 285 g/mol. The fourth-order valence-corrected chi connectivity index (χ4v) is 1.97. The van der Waals surface area contributed by atoms with Gasteiger partial charge in [0.05, 0.1) is 13.2 Å². The molecule has 2 aromatic rings. The highest BCUT2D eigenvalue weighted by Crippen LogP contribution is 2.07. The number of aliphatic hydroxyl groups excluding tert-OH is 1. The number of hydrogen-bond donors (Lipinski definition) is 2. The summed E-state index contributed by atoms with van der Waals surface area (Å²) >= 11 is 0. The molecule has 0 radical (unpaired) electrons. The molecule has 4 nitrogen and oxygen atoms in total. The van der Waals surface area contributed by atoms with Gasteiger partial charge in [0.1, 0.15) is 0 Å². The molecule has 0 heterocycles. The van der Waals surface area contributed by atoms with Gasteiger partial charge >= 0.3 is 0 Å². The number of benzene rings is 2. The molecule has 0 saturated carbocycles. The average Bonchev–Trinajstić information content (AvgIpc) is 2.54. The zero-order chi connectivity index (χ0) is 15.1. The van der Waals surface area contributed by atoms with Crippen molar-refractivity contribution in [3.05, 3.63) is 70.8 Å². The van der Waals surface area contributed by atoms with E-state index in [9.17, 15) is 4.79 Å². The molecule has 0 fully saturated rings. The molecule has 0 aromatic heterocycles. The smallest absolute Gasteiger partial charge is 0.251 e. The molecule has 0 aliphatic rings. The molecule has 0 unspecified atom stereocenters. The molecule has 2 aromatic carbocycles. The lowest BCUT2D eigenvalue weighted by Gasteiger charge is -2.07. The van der Waals surface area contributed by atoms with E-state index in [2.05, 4.69) is 5.32 Å². The number of nitrogens with one attached hydrogen (secondary N) is 1. The van der Waals surface area contributed by atoms with Gasteiger partial charge in [0.15, 0.2) is 0 Å². The van der Waals surface area contributed by atoms with Crippen molar-refractivity contribution in [1.82, 2.24) is 5.32 Å². The lowest BCUT2D eigenvalue weighted by molar-refractivity contribution is 0.0951. The third-order valence-electron chi connectivity index (χ3n) is 3.19. The van der Waals surface area contributed by atoms with Crippen molar-refractivity contribution in [1.29, 1.82) is 0 Å². The minimum Gasteiger partial charge on any atom is -0.392 e. The molecule has 0 spiro atoms. The summed E-state index contributed by atoms with van der Waals surface area (Å²) in [7, 11) is 1.64. The Labute approximate surface area is 124 Å².